The highest BCUT2D eigenvalue weighted by molar-refractivity contribution is 7.92. The molecule has 0 unspecified atom stereocenters. The van der Waals surface area contributed by atoms with Crippen LogP contribution in [0.4, 0.5) is 5.69 Å². The molecule has 1 N–H and O–H groups in total. The van der Waals surface area contributed by atoms with Gasteiger partial charge in [0.2, 0.25) is 15.9 Å². The summed E-state index contributed by atoms with van der Waals surface area (Å²) in [7, 11) is -1.53. The van der Waals surface area contributed by atoms with E-state index in [2.05, 4.69) is 17.3 Å². The SMILES string of the molecule is CC[C@@H](C(=O)NC1CCN(C)CC1)N(c1cc(C)ccc1C)S(C)(=O)=O. The average molecular weight is 382 g/mol. The minimum absolute atomic E-state index is 0.104. The number of nitrogens with zero attached hydrogens (tertiary/aromatic N) is 2. The van der Waals surface area contributed by atoms with Gasteiger partial charge < -0.3 is 10.2 Å². The summed E-state index contributed by atoms with van der Waals surface area (Å²) in [4.78, 5) is 15.2. The van der Waals surface area contributed by atoms with Crippen molar-refractivity contribution < 1.29 is 13.2 Å². The van der Waals surface area contributed by atoms with Gasteiger partial charge in [-0.25, -0.2) is 8.42 Å². The van der Waals surface area contributed by atoms with Crippen LogP contribution in [0.15, 0.2) is 18.2 Å². The average Bonchev–Trinajstić information content (AvgIpc) is 2.56. The first kappa shape index (κ1) is 20.7. The number of amides is 1. The Morgan fingerprint density at radius 2 is 1.92 bits per heavy atom. The second kappa shape index (κ2) is 8.39. The fourth-order valence-corrected chi connectivity index (χ4v) is 4.70. The van der Waals surface area contributed by atoms with Crippen molar-refractivity contribution in [2.75, 3.05) is 30.7 Å². The number of piperidine rings is 1. The van der Waals surface area contributed by atoms with E-state index in [-0.39, 0.29) is 11.9 Å². The summed E-state index contributed by atoms with van der Waals surface area (Å²) in [5.41, 5.74) is 2.38. The Labute approximate surface area is 157 Å². The van der Waals surface area contributed by atoms with Crippen molar-refractivity contribution in [3.05, 3.63) is 29.3 Å². The molecule has 1 atom stereocenters. The van der Waals surface area contributed by atoms with Crippen LogP contribution >= 0.6 is 0 Å². The lowest BCUT2D eigenvalue weighted by molar-refractivity contribution is -0.123. The molecule has 2 rings (SSSR count). The number of benzene rings is 1. The van der Waals surface area contributed by atoms with Crippen LogP contribution in [-0.4, -0.2) is 57.7 Å². The molecule has 0 saturated carbocycles. The zero-order valence-corrected chi connectivity index (χ0v) is 17.3. The quantitative estimate of drug-likeness (QED) is 0.819. The number of hydrogen-bond acceptors (Lipinski definition) is 4. The predicted octanol–water partition coefficient (Wildman–Crippen LogP) is 2.06. The smallest absolute Gasteiger partial charge is 0.244 e. The van der Waals surface area contributed by atoms with Crippen LogP contribution in [0, 0.1) is 13.8 Å². The van der Waals surface area contributed by atoms with E-state index in [0.29, 0.717) is 12.1 Å². The van der Waals surface area contributed by atoms with E-state index >= 15 is 0 Å². The van der Waals surface area contributed by atoms with Crippen LogP contribution < -0.4 is 9.62 Å². The van der Waals surface area contributed by atoms with E-state index in [0.717, 1.165) is 37.1 Å². The fraction of sp³-hybridized carbons (Fsp3) is 0.632. The van der Waals surface area contributed by atoms with Gasteiger partial charge in [0.05, 0.1) is 11.9 Å². The van der Waals surface area contributed by atoms with Crippen LogP contribution in [-0.2, 0) is 14.8 Å². The van der Waals surface area contributed by atoms with Gasteiger partial charge in [0.25, 0.3) is 0 Å². The standard InChI is InChI=1S/C19H31N3O3S/c1-6-17(19(23)20-16-9-11-21(4)12-10-16)22(26(5,24)25)18-13-14(2)7-8-15(18)3/h7-8,13,16-17H,6,9-12H2,1-5H3,(H,20,23)/t17-/m0/s1. The number of carbonyl (C=O) groups excluding carboxylic acids is 1. The van der Waals surface area contributed by atoms with Crippen molar-refractivity contribution in [1.82, 2.24) is 10.2 Å². The van der Waals surface area contributed by atoms with Crippen molar-refractivity contribution in [3.63, 3.8) is 0 Å². The monoisotopic (exact) mass is 381 g/mol. The van der Waals surface area contributed by atoms with Gasteiger partial charge in [0, 0.05) is 6.04 Å². The first-order valence-corrected chi connectivity index (χ1v) is 11.0. The lowest BCUT2D eigenvalue weighted by Gasteiger charge is -2.34. The van der Waals surface area contributed by atoms with Gasteiger partial charge in [-0.15, -0.1) is 0 Å². The van der Waals surface area contributed by atoms with Crippen molar-refractivity contribution in [2.24, 2.45) is 0 Å². The van der Waals surface area contributed by atoms with Gasteiger partial charge in [-0.2, -0.15) is 0 Å². The number of rotatable bonds is 6. The molecule has 1 fully saturated rings. The molecular formula is C19H31N3O3S. The summed E-state index contributed by atoms with van der Waals surface area (Å²) in [6, 6.07) is 5.03. The van der Waals surface area contributed by atoms with Crippen LogP contribution in [0.25, 0.3) is 0 Å². The normalized spacial score (nSPS) is 17.7. The molecule has 1 aliphatic heterocycles. The third-order valence-corrected chi connectivity index (χ3v) is 6.16. The molecule has 1 amide bonds. The molecule has 0 aliphatic carbocycles. The number of nitrogens with one attached hydrogen (secondary N) is 1. The Hall–Kier alpha value is -1.60. The van der Waals surface area contributed by atoms with E-state index in [1.165, 1.54) is 10.6 Å². The molecule has 146 valence electrons. The lowest BCUT2D eigenvalue weighted by atomic mass is 10.0. The van der Waals surface area contributed by atoms with Crippen molar-refractivity contribution in [1.29, 1.82) is 0 Å². The molecule has 0 radical (unpaired) electrons. The van der Waals surface area contributed by atoms with Crippen molar-refractivity contribution in [3.8, 4) is 0 Å². The highest BCUT2D eigenvalue weighted by Crippen LogP contribution is 2.27. The van der Waals surface area contributed by atoms with E-state index in [1.807, 2.05) is 39.0 Å². The molecule has 1 aromatic rings. The number of anilines is 1. The number of sulfonamides is 1. The summed E-state index contributed by atoms with van der Waals surface area (Å²) >= 11 is 0. The summed E-state index contributed by atoms with van der Waals surface area (Å²) in [5, 5.41) is 3.08. The number of carbonyl (C=O) groups is 1. The molecule has 1 heterocycles. The van der Waals surface area contributed by atoms with Crippen molar-refractivity contribution in [2.45, 2.75) is 52.1 Å². The molecule has 0 aromatic heterocycles. The summed E-state index contributed by atoms with van der Waals surface area (Å²) in [5.74, 6) is -0.214. The Morgan fingerprint density at radius 3 is 2.46 bits per heavy atom. The maximum atomic E-state index is 13.0. The van der Waals surface area contributed by atoms with E-state index in [1.54, 1.807) is 0 Å². The lowest BCUT2D eigenvalue weighted by Crippen LogP contribution is -2.53. The van der Waals surface area contributed by atoms with E-state index in [4.69, 9.17) is 0 Å². The zero-order valence-electron chi connectivity index (χ0n) is 16.4. The molecule has 0 bridgehead atoms. The Balaban J connectivity index is 2.30. The van der Waals surface area contributed by atoms with Crippen LogP contribution in [0.1, 0.15) is 37.3 Å². The highest BCUT2D eigenvalue weighted by Gasteiger charge is 2.33. The largest absolute Gasteiger partial charge is 0.351 e. The molecular weight excluding hydrogens is 350 g/mol. The van der Waals surface area contributed by atoms with Gasteiger partial charge in [-0.3, -0.25) is 9.10 Å². The molecule has 1 aromatic carbocycles. The topological polar surface area (TPSA) is 69.7 Å². The first-order chi connectivity index (χ1) is 12.1. The van der Waals surface area contributed by atoms with Gasteiger partial charge in [-0.1, -0.05) is 19.1 Å². The van der Waals surface area contributed by atoms with Crippen LogP contribution in [0.2, 0.25) is 0 Å². The van der Waals surface area contributed by atoms with Gasteiger partial charge in [-0.05, 0) is 70.4 Å². The predicted molar refractivity (Wildman–Crippen MR) is 106 cm³/mol. The van der Waals surface area contributed by atoms with Gasteiger partial charge in [0.1, 0.15) is 6.04 Å². The molecule has 6 nitrogen and oxygen atoms in total. The molecule has 0 spiro atoms. The maximum absolute atomic E-state index is 13.0. The third-order valence-electron chi connectivity index (χ3n) is 5.00. The first-order valence-electron chi connectivity index (χ1n) is 9.19. The summed E-state index contributed by atoms with van der Waals surface area (Å²) in [6.45, 7) is 7.52. The molecule has 1 saturated heterocycles. The van der Waals surface area contributed by atoms with E-state index in [9.17, 15) is 13.2 Å². The second-order valence-electron chi connectivity index (χ2n) is 7.36. The zero-order chi connectivity index (χ0) is 19.5. The third kappa shape index (κ3) is 4.98. The summed E-state index contributed by atoms with van der Waals surface area (Å²) in [6.07, 6.45) is 3.36. The van der Waals surface area contributed by atoms with Gasteiger partial charge >= 0.3 is 0 Å². The second-order valence-corrected chi connectivity index (χ2v) is 9.22. The number of aryl methyl sites for hydroxylation is 2. The fourth-order valence-electron chi connectivity index (χ4n) is 3.44. The maximum Gasteiger partial charge on any atom is 0.244 e. The molecule has 7 heteroatoms. The highest BCUT2D eigenvalue weighted by atomic mass is 32.2. The Bertz CT molecular complexity index is 740. The van der Waals surface area contributed by atoms with E-state index < -0.39 is 16.1 Å². The number of likely N-dealkylation sites (tertiary alicyclic amines) is 1. The summed E-state index contributed by atoms with van der Waals surface area (Å²) < 4.78 is 26.4. The van der Waals surface area contributed by atoms with Crippen LogP contribution in [0.5, 0.6) is 0 Å². The van der Waals surface area contributed by atoms with Crippen molar-refractivity contribution >= 4 is 21.6 Å². The minimum atomic E-state index is -3.60. The van der Waals surface area contributed by atoms with Gasteiger partial charge in [0.15, 0.2) is 0 Å². The molecule has 26 heavy (non-hydrogen) atoms. The Morgan fingerprint density at radius 1 is 1.31 bits per heavy atom. The number of hydrogen-bond donors (Lipinski definition) is 1. The molecule has 1 aliphatic rings. The minimum Gasteiger partial charge on any atom is -0.351 e. The Kier molecular flexibility index (Phi) is 6.69. The van der Waals surface area contributed by atoms with Crippen LogP contribution in [0.3, 0.4) is 0 Å².